The third-order valence-electron chi connectivity index (χ3n) is 6.17. The molecule has 1 saturated carbocycles. The molecular formula is C24H26FN7O3. The van der Waals surface area contributed by atoms with E-state index in [0.29, 0.717) is 36.1 Å². The third kappa shape index (κ3) is 5.13. The third-order valence-corrected chi connectivity index (χ3v) is 6.17. The molecule has 0 radical (unpaired) electrons. The highest BCUT2D eigenvalue weighted by molar-refractivity contribution is 5.93. The first-order valence-electron chi connectivity index (χ1n) is 11.6. The normalized spacial score (nSPS) is 19.9. The smallest absolute Gasteiger partial charge is 0.293 e. The van der Waals surface area contributed by atoms with Gasteiger partial charge in [0, 0.05) is 30.5 Å². The van der Waals surface area contributed by atoms with Gasteiger partial charge in [0.2, 0.25) is 11.7 Å². The number of ether oxygens (including phenoxy) is 1. The van der Waals surface area contributed by atoms with E-state index in [2.05, 4.69) is 30.5 Å². The number of aromatic amines is 1. The first-order chi connectivity index (χ1) is 16.9. The van der Waals surface area contributed by atoms with Crippen LogP contribution < -0.4 is 10.1 Å². The van der Waals surface area contributed by atoms with Gasteiger partial charge in [-0.2, -0.15) is 0 Å². The minimum absolute atomic E-state index is 0.0150. The Hall–Kier alpha value is -3.89. The Morgan fingerprint density at radius 2 is 2.00 bits per heavy atom. The first-order valence-corrected chi connectivity index (χ1v) is 11.6. The predicted octanol–water partition coefficient (Wildman–Crippen LogP) is 2.86. The maximum Gasteiger partial charge on any atom is 0.293 e. The summed E-state index contributed by atoms with van der Waals surface area (Å²) < 4.78 is 20.9. The Balaban J connectivity index is 1.22. The number of aromatic nitrogens is 5. The SMILES string of the molecule is Cc1nc(C(=O)N2CC[C@H](Oc3ccc(-c4cc(NC(=O)C5CC5)ncn4)cc3C)[C@H](F)C2)n[nH]1. The van der Waals surface area contributed by atoms with Crippen molar-refractivity contribution in [3.63, 3.8) is 0 Å². The summed E-state index contributed by atoms with van der Waals surface area (Å²) in [7, 11) is 0. The van der Waals surface area contributed by atoms with Crippen LogP contribution in [-0.4, -0.2) is 67.2 Å². The molecule has 0 spiro atoms. The molecule has 182 valence electrons. The van der Waals surface area contributed by atoms with Gasteiger partial charge in [-0.1, -0.05) is 0 Å². The maximum atomic E-state index is 14.9. The molecule has 3 heterocycles. The molecule has 2 atom stereocenters. The van der Waals surface area contributed by atoms with Crippen LogP contribution >= 0.6 is 0 Å². The highest BCUT2D eigenvalue weighted by Gasteiger charge is 2.35. The number of H-pyrrole nitrogens is 1. The average Bonchev–Trinajstić information content (AvgIpc) is 3.62. The largest absolute Gasteiger partial charge is 0.487 e. The molecule has 0 bridgehead atoms. The fourth-order valence-corrected chi connectivity index (χ4v) is 4.04. The van der Waals surface area contributed by atoms with Crippen molar-refractivity contribution in [3.8, 4) is 17.0 Å². The van der Waals surface area contributed by atoms with Gasteiger partial charge in [0.1, 0.15) is 29.8 Å². The summed E-state index contributed by atoms with van der Waals surface area (Å²) in [6.45, 7) is 3.86. The first kappa shape index (κ1) is 22.9. The minimum Gasteiger partial charge on any atom is -0.487 e. The molecule has 10 nitrogen and oxygen atoms in total. The van der Waals surface area contributed by atoms with E-state index in [0.717, 1.165) is 24.0 Å². The lowest BCUT2D eigenvalue weighted by Crippen LogP contribution is -2.49. The number of nitrogens with one attached hydrogen (secondary N) is 2. The van der Waals surface area contributed by atoms with Gasteiger partial charge in [-0.3, -0.25) is 14.7 Å². The second-order valence-corrected chi connectivity index (χ2v) is 8.99. The van der Waals surface area contributed by atoms with E-state index in [4.69, 9.17) is 4.74 Å². The van der Waals surface area contributed by atoms with Crippen molar-refractivity contribution in [2.45, 2.75) is 45.4 Å². The Labute approximate surface area is 201 Å². The average molecular weight is 480 g/mol. The number of carbonyl (C=O) groups is 2. The van der Waals surface area contributed by atoms with E-state index in [9.17, 15) is 14.0 Å². The molecule has 35 heavy (non-hydrogen) atoms. The van der Waals surface area contributed by atoms with E-state index < -0.39 is 18.2 Å². The zero-order valence-corrected chi connectivity index (χ0v) is 19.5. The molecule has 2 N–H and O–H groups in total. The lowest BCUT2D eigenvalue weighted by Gasteiger charge is -2.34. The topological polar surface area (TPSA) is 126 Å². The summed E-state index contributed by atoms with van der Waals surface area (Å²) in [4.78, 5) is 38.4. The number of piperidine rings is 1. The van der Waals surface area contributed by atoms with Crippen LogP contribution in [0.25, 0.3) is 11.3 Å². The van der Waals surface area contributed by atoms with E-state index >= 15 is 0 Å². The molecule has 2 aromatic heterocycles. The Morgan fingerprint density at radius 1 is 1.17 bits per heavy atom. The van der Waals surface area contributed by atoms with Crippen molar-refractivity contribution >= 4 is 17.6 Å². The molecule has 5 rings (SSSR count). The van der Waals surface area contributed by atoms with Gasteiger partial charge in [0.25, 0.3) is 5.91 Å². The molecule has 2 aliphatic rings. The van der Waals surface area contributed by atoms with E-state index in [1.54, 1.807) is 19.1 Å². The summed E-state index contributed by atoms with van der Waals surface area (Å²) in [5, 5.41) is 9.32. The number of nitrogens with zero attached hydrogens (tertiary/aromatic N) is 5. The molecule has 0 unspecified atom stereocenters. The monoisotopic (exact) mass is 479 g/mol. The zero-order valence-electron chi connectivity index (χ0n) is 19.5. The predicted molar refractivity (Wildman–Crippen MR) is 125 cm³/mol. The van der Waals surface area contributed by atoms with Crippen molar-refractivity contribution in [2.75, 3.05) is 18.4 Å². The zero-order chi connectivity index (χ0) is 24.5. The Bertz CT molecular complexity index is 1260. The number of alkyl halides is 1. The van der Waals surface area contributed by atoms with Crippen LogP contribution in [-0.2, 0) is 4.79 Å². The van der Waals surface area contributed by atoms with E-state index in [1.165, 1.54) is 11.2 Å². The molecule has 2 fully saturated rings. The van der Waals surface area contributed by atoms with Crippen molar-refractivity contribution in [1.82, 2.24) is 30.0 Å². The molecule has 1 saturated heterocycles. The van der Waals surface area contributed by atoms with Crippen molar-refractivity contribution in [2.24, 2.45) is 5.92 Å². The van der Waals surface area contributed by atoms with Crippen LogP contribution in [0.5, 0.6) is 5.75 Å². The number of rotatable bonds is 6. The van der Waals surface area contributed by atoms with Crippen LogP contribution in [0.4, 0.5) is 10.2 Å². The summed E-state index contributed by atoms with van der Waals surface area (Å²) in [6, 6.07) is 7.27. The lowest BCUT2D eigenvalue weighted by molar-refractivity contribution is -0.117. The van der Waals surface area contributed by atoms with Crippen molar-refractivity contribution < 1.29 is 18.7 Å². The molecule has 2 amide bonds. The van der Waals surface area contributed by atoms with Gasteiger partial charge in [-0.05, 0) is 50.5 Å². The van der Waals surface area contributed by atoms with Crippen molar-refractivity contribution in [3.05, 3.63) is 47.8 Å². The number of carbonyl (C=O) groups excluding carboxylic acids is 2. The van der Waals surface area contributed by atoms with E-state index in [-0.39, 0.29) is 24.2 Å². The highest BCUT2D eigenvalue weighted by atomic mass is 19.1. The summed E-state index contributed by atoms with van der Waals surface area (Å²) in [5.41, 5.74) is 2.32. The molecular weight excluding hydrogens is 453 g/mol. The number of hydrogen-bond donors (Lipinski definition) is 2. The number of aryl methyl sites for hydroxylation is 2. The molecule has 1 aliphatic heterocycles. The van der Waals surface area contributed by atoms with Crippen LogP contribution in [0.1, 0.15) is 41.3 Å². The molecule has 11 heteroatoms. The summed E-state index contributed by atoms with van der Waals surface area (Å²) >= 11 is 0. The van der Waals surface area contributed by atoms with Crippen LogP contribution in [0, 0.1) is 19.8 Å². The van der Waals surface area contributed by atoms with Gasteiger partial charge in [0.15, 0.2) is 6.17 Å². The minimum atomic E-state index is -1.34. The Kier molecular flexibility index (Phi) is 6.14. The van der Waals surface area contributed by atoms with Crippen LogP contribution in [0.3, 0.4) is 0 Å². The van der Waals surface area contributed by atoms with Gasteiger partial charge in [-0.25, -0.2) is 19.3 Å². The van der Waals surface area contributed by atoms with Crippen LogP contribution in [0.2, 0.25) is 0 Å². The van der Waals surface area contributed by atoms with Crippen LogP contribution in [0.15, 0.2) is 30.6 Å². The number of hydrogen-bond acceptors (Lipinski definition) is 7. The van der Waals surface area contributed by atoms with Gasteiger partial charge in [0.05, 0.1) is 12.2 Å². The van der Waals surface area contributed by atoms with Gasteiger partial charge < -0.3 is 15.0 Å². The number of likely N-dealkylation sites (tertiary alicyclic amines) is 1. The second-order valence-electron chi connectivity index (χ2n) is 8.99. The highest BCUT2D eigenvalue weighted by Crippen LogP contribution is 2.31. The number of anilines is 1. The molecule has 1 aromatic carbocycles. The lowest BCUT2D eigenvalue weighted by atomic mass is 10.0. The fraction of sp³-hybridized carbons (Fsp3) is 0.417. The summed E-state index contributed by atoms with van der Waals surface area (Å²) in [6.07, 6.45) is 1.60. The van der Waals surface area contributed by atoms with E-state index in [1.807, 2.05) is 19.1 Å². The number of benzene rings is 1. The maximum absolute atomic E-state index is 14.9. The summed E-state index contributed by atoms with van der Waals surface area (Å²) in [5.74, 6) is 1.28. The Morgan fingerprint density at radius 3 is 2.69 bits per heavy atom. The standard InChI is InChI=1S/C24H26FN7O3/c1-13-9-16(18-10-21(27-12-26-18)29-23(33)15-3-4-15)5-6-19(13)35-20-7-8-32(11-17(20)25)24(34)22-28-14(2)30-31-22/h5-6,9-10,12,15,17,20H,3-4,7-8,11H2,1-2H3,(H,28,30,31)(H,26,27,29,33)/t17-,20+/m1/s1. The molecule has 3 aromatic rings. The fourth-order valence-electron chi connectivity index (χ4n) is 4.04. The second kappa shape index (κ2) is 9.40. The number of amides is 2. The van der Waals surface area contributed by atoms with Crippen molar-refractivity contribution in [1.29, 1.82) is 0 Å². The number of halogens is 1. The molecule has 1 aliphatic carbocycles. The quantitative estimate of drug-likeness (QED) is 0.557. The van der Waals surface area contributed by atoms with Gasteiger partial charge in [-0.15, -0.1) is 5.10 Å². The van der Waals surface area contributed by atoms with Gasteiger partial charge >= 0.3 is 0 Å².